The Bertz CT molecular complexity index is 769. The zero-order valence-corrected chi connectivity index (χ0v) is 15.5. The maximum Gasteiger partial charge on any atom is 0.303 e. The van der Waals surface area contributed by atoms with Gasteiger partial charge in [0.2, 0.25) is 0 Å². The van der Waals surface area contributed by atoms with E-state index in [1.165, 1.54) is 5.56 Å². The fourth-order valence-corrected chi connectivity index (χ4v) is 3.52. The van der Waals surface area contributed by atoms with Gasteiger partial charge in [-0.1, -0.05) is 29.8 Å². The Morgan fingerprint density at radius 3 is 2.41 bits per heavy atom. The van der Waals surface area contributed by atoms with Crippen LogP contribution in [-0.2, 0) is 4.79 Å². The number of hydrogen-bond acceptors (Lipinski definition) is 4. The number of carbonyl (C=O) groups excluding carboxylic acids is 1. The van der Waals surface area contributed by atoms with Gasteiger partial charge in [0.25, 0.3) is 5.91 Å². The minimum atomic E-state index is -0.780. The lowest BCUT2D eigenvalue weighted by Gasteiger charge is -2.39. The molecule has 1 aromatic carbocycles. The highest BCUT2D eigenvalue weighted by atomic mass is 16.4. The minimum Gasteiger partial charge on any atom is -0.481 e. The molecule has 0 bridgehead atoms. The average molecular weight is 367 g/mol. The van der Waals surface area contributed by atoms with E-state index < -0.39 is 5.97 Å². The molecule has 1 aliphatic rings. The third-order valence-electron chi connectivity index (χ3n) is 5.04. The molecule has 1 fully saturated rings. The summed E-state index contributed by atoms with van der Waals surface area (Å²) in [5.74, 6) is -0.780. The highest BCUT2D eigenvalue weighted by Crippen LogP contribution is 2.27. The Balaban J connectivity index is 1.67. The van der Waals surface area contributed by atoms with Crippen molar-refractivity contribution in [2.24, 2.45) is 0 Å². The highest BCUT2D eigenvalue weighted by Gasteiger charge is 2.28. The molecule has 6 heteroatoms. The van der Waals surface area contributed by atoms with E-state index in [0.717, 1.165) is 18.7 Å². The van der Waals surface area contributed by atoms with E-state index in [1.807, 2.05) is 11.8 Å². The van der Waals surface area contributed by atoms with E-state index in [2.05, 4.69) is 34.1 Å². The maximum absolute atomic E-state index is 12.6. The number of aliphatic carboxylic acids is 1. The molecular weight excluding hydrogens is 342 g/mol. The fourth-order valence-electron chi connectivity index (χ4n) is 3.52. The number of carbonyl (C=O) groups is 2. The zero-order chi connectivity index (χ0) is 19.2. The number of carboxylic acids is 1. The summed E-state index contributed by atoms with van der Waals surface area (Å²) >= 11 is 0. The summed E-state index contributed by atoms with van der Waals surface area (Å²) in [7, 11) is 0. The number of carboxylic acid groups (broad SMARTS) is 1. The van der Waals surface area contributed by atoms with Crippen LogP contribution in [0, 0.1) is 6.92 Å². The lowest BCUT2D eigenvalue weighted by atomic mass is 9.98. The molecule has 3 rings (SSSR count). The molecular formula is C21H25N3O3. The number of aryl methyl sites for hydroxylation is 1. The second-order valence-corrected chi connectivity index (χ2v) is 6.93. The van der Waals surface area contributed by atoms with Crippen molar-refractivity contribution in [2.45, 2.75) is 25.8 Å². The van der Waals surface area contributed by atoms with Crippen molar-refractivity contribution in [1.29, 1.82) is 0 Å². The van der Waals surface area contributed by atoms with Crippen molar-refractivity contribution in [3.8, 4) is 0 Å². The van der Waals surface area contributed by atoms with Gasteiger partial charge >= 0.3 is 5.97 Å². The van der Waals surface area contributed by atoms with Crippen LogP contribution in [-0.4, -0.2) is 57.9 Å². The van der Waals surface area contributed by atoms with Crippen LogP contribution in [0.1, 0.15) is 40.4 Å². The molecule has 6 nitrogen and oxygen atoms in total. The topological polar surface area (TPSA) is 73.7 Å². The molecule has 0 saturated carbocycles. The Kier molecular flexibility index (Phi) is 6.19. The molecule has 0 unspecified atom stereocenters. The van der Waals surface area contributed by atoms with Gasteiger partial charge in [0.05, 0.1) is 5.56 Å². The van der Waals surface area contributed by atoms with Gasteiger partial charge in [-0.2, -0.15) is 0 Å². The van der Waals surface area contributed by atoms with E-state index >= 15 is 0 Å². The van der Waals surface area contributed by atoms with Crippen molar-refractivity contribution in [2.75, 3.05) is 26.2 Å². The first kappa shape index (κ1) is 19.0. The smallest absolute Gasteiger partial charge is 0.303 e. The third-order valence-corrected chi connectivity index (χ3v) is 5.04. The van der Waals surface area contributed by atoms with Gasteiger partial charge in [-0.15, -0.1) is 0 Å². The van der Waals surface area contributed by atoms with Crippen LogP contribution in [0.4, 0.5) is 0 Å². The van der Waals surface area contributed by atoms with Crippen LogP contribution >= 0.6 is 0 Å². The first-order chi connectivity index (χ1) is 13.0. The number of rotatable bonds is 6. The van der Waals surface area contributed by atoms with Gasteiger partial charge in [0.15, 0.2) is 0 Å². The van der Waals surface area contributed by atoms with E-state index in [-0.39, 0.29) is 18.4 Å². The quantitative estimate of drug-likeness (QED) is 0.850. The van der Waals surface area contributed by atoms with E-state index in [1.54, 1.807) is 24.5 Å². The van der Waals surface area contributed by atoms with E-state index in [9.17, 15) is 9.59 Å². The molecule has 0 aliphatic carbocycles. The number of nitrogens with zero attached hydrogens (tertiary/aromatic N) is 3. The standard InChI is InChI=1S/C21H25N3O3/c1-16-4-6-17(7-5-16)19(8-9-20(25)26)23-11-13-24(14-12-23)21(27)18-3-2-10-22-15-18/h2-7,10,15,19H,8-9,11-14H2,1H3,(H,25,26)/t19-/m1/s1. The van der Waals surface area contributed by atoms with Gasteiger partial charge in [-0.3, -0.25) is 19.5 Å². The van der Waals surface area contributed by atoms with Gasteiger partial charge in [-0.05, 0) is 31.0 Å². The normalized spacial score (nSPS) is 16.1. The molecule has 1 amide bonds. The molecule has 27 heavy (non-hydrogen) atoms. The lowest BCUT2D eigenvalue weighted by molar-refractivity contribution is -0.137. The van der Waals surface area contributed by atoms with Crippen molar-refractivity contribution in [3.63, 3.8) is 0 Å². The lowest BCUT2D eigenvalue weighted by Crippen LogP contribution is -2.49. The summed E-state index contributed by atoms with van der Waals surface area (Å²) < 4.78 is 0. The summed E-state index contributed by atoms with van der Waals surface area (Å²) in [6, 6.07) is 11.9. The van der Waals surface area contributed by atoms with Crippen LogP contribution in [0.25, 0.3) is 0 Å². The van der Waals surface area contributed by atoms with E-state index in [0.29, 0.717) is 25.1 Å². The molecule has 1 aromatic heterocycles. The van der Waals surface area contributed by atoms with Crippen LogP contribution in [0.15, 0.2) is 48.8 Å². The molecule has 1 saturated heterocycles. The molecule has 2 heterocycles. The molecule has 1 N–H and O–H groups in total. The van der Waals surface area contributed by atoms with Crippen molar-refractivity contribution >= 4 is 11.9 Å². The van der Waals surface area contributed by atoms with Gasteiger partial charge in [-0.25, -0.2) is 0 Å². The van der Waals surface area contributed by atoms with Crippen LogP contribution in [0.5, 0.6) is 0 Å². The molecule has 0 spiro atoms. The predicted octanol–water partition coefficient (Wildman–Crippen LogP) is 2.75. The second-order valence-electron chi connectivity index (χ2n) is 6.93. The van der Waals surface area contributed by atoms with Crippen LogP contribution < -0.4 is 0 Å². The van der Waals surface area contributed by atoms with Gasteiger partial charge in [0.1, 0.15) is 0 Å². The summed E-state index contributed by atoms with van der Waals surface area (Å²) in [4.78, 5) is 31.8. The van der Waals surface area contributed by atoms with Crippen LogP contribution in [0.2, 0.25) is 0 Å². The number of piperazine rings is 1. The van der Waals surface area contributed by atoms with Crippen molar-refractivity contribution < 1.29 is 14.7 Å². The first-order valence-corrected chi connectivity index (χ1v) is 9.26. The number of amides is 1. The average Bonchev–Trinajstić information content (AvgIpc) is 2.70. The van der Waals surface area contributed by atoms with E-state index in [4.69, 9.17) is 5.11 Å². The maximum atomic E-state index is 12.6. The molecule has 1 aliphatic heterocycles. The third kappa shape index (κ3) is 4.92. The number of hydrogen-bond donors (Lipinski definition) is 1. The molecule has 2 aromatic rings. The summed E-state index contributed by atoms with van der Waals surface area (Å²) in [6.07, 6.45) is 3.95. The van der Waals surface area contributed by atoms with Crippen molar-refractivity contribution in [3.05, 3.63) is 65.5 Å². The summed E-state index contributed by atoms with van der Waals surface area (Å²) in [5, 5.41) is 9.12. The molecule has 0 radical (unpaired) electrons. The Morgan fingerprint density at radius 2 is 1.81 bits per heavy atom. The largest absolute Gasteiger partial charge is 0.481 e. The Hall–Kier alpha value is -2.73. The predicted molar refractivity (Wildman–Crippen MR) is 103 cm³/mol. The van der Waals surface area contributed by atoms with Crippen LogP contribution in [0.3, 0.4) is 0 Å². The van der Waals surface area contributed by atoms with Gasteiger partial charge < -0.3 is 10.0 Å². The van der Waals surface area contributed by atoms with Gasteiger partial charge in [0, 0.05) is 51.0 Å². The Labute approximate surface area is 159 Å². The number of pyridine rings is 1. The fraction of sp³-hybridized carbons (Fsp3) is 0.381. The summed E-state index contributed by atoms with van der Waals surface area (Å²) in [5.41, 5.74) is 2.92. The number of aromatic nitrogens is 1. The first-order valence-electron chi connectivity index (χ1n) is 9.26. The summed E-state index contributed by atoms with van der Waals surface area (Å²) in [6.45, 7) is 4.75. The Morgan fingerprint density at radius 1 is 1.11 bits per heavy atom. The van der Waals surface area contributed by atoms with Crippen molar-refractivity contribution in [1.82, 2.24) is 14.8 Å². The highest BCUT2D eigenvalue weighted by molar-refractivity contribution is 5.93. The molecule has 1 atom stereocenters. The second kappa shape index (κ2) is 8.77. The minimum absolute atomic E-state index is 0.000159. The zero-order valence-electron chi connectivity index (χ0n) is 15.5. The SMILES string of the molecule is Cc1ccc([C@@H](CCC(=O)O)N2CCN(C(=O)c3cccnc3)CC2)cc1. The molecule has 142 valence electrons. The number of benzene rings is 1. The monoisotopic (exact) mass is 367 g/mol.